The van der Waals surface area contributed by atoms with Crippen molar-refractivity contribution in [1.82, 2.24) is 0 Å². The molecule has 0 aromatic heterocycles. The third-order valence-corrected chi connectivity index (χ3v) is 7.25. The summed E-state index contributed by atoms with van der Waals surface area (Å²) in [6.07, 6.45) is 10.5. The van der Waals surface area contributed by atoms with E-state index in [9.17, 15) is 22.0 Å². The second kappa shape index (κ2) is 17.0. The summed E-state index contributed by atoms with van der Waals surface area (Å²) >= 11 is -3.04. The van der Waals surface area contributed by atoms with Gasteiger partial charge >= 0.3 is 0 Å². The monoisotopic (exact) mass is 504 g/mol. The van der Waals surface area contributed by atoms with E-state index in [2.05, 4.69) is 15.9 Å². The fourth-order valence-corrected chi connectivity index (χ4v) is 4.90. The van der Waals surface area contributed by atoms with Gasteiger partial charge < -0.3 is 14.6 Å². The number of unbranched alkanes of at least 4 members (excludes halogenated alkanes) is 9. The van der Waals surface area contributed by atoms with Gasteiger partial charge in [-0.05, 0) is 37.8 Å². The Balaban J connectivity index is 2.11. The fourth-order valence-electron chi connectivity index (χ4n) is 3.39. The molecule has 0 bridgehead atoms. The van der Waals surface area contributed by atoms with Gasteiger partial charge in [0.2, 0.25) is 5.91 Å². The summed E-state index contributed by atoms with van der Waals surface area (Å²) in [7, 11) is -3.98. The third-order valence-electron chi connectivity index (χ3n) is 5.19. The second-order valence-electron chi connectivity index (χ2n) is 8.17. The highest BCUT2D eigenvalue weighted by Gasteiger charge is 2.12. The molecular weight excluding hydrogens is 466 g/mol. The first-order valence-electron chi connectivity index (χ1n) is 11.8. The maximum atomic E-state index is 12.3. The molecular formula is C23H38NO7S2-. The van der Waals surface area contributed by atoms with Crippen molar-refractivity contribution in [3.8, 4) is 5.75 Å². The molecule has 10 heteroatoms. The summed E-state index contributed by atoms with van der Waals surface area (Å²) in [5.41, 5.74) is 1.74. The van der Waals surface area contributed by atoms with Gasteiger partial charge in [0.05, 0.1) is 18.0 Å². The predicted octanol–water partition coefficient (Wildman–Crippen LogP) is 5.15. The maximum Gasteiger partial charge on any atom is 0.279 e. The zero-order chi connectivity index (χ0) is 24.5. The first-order chi connectivity index (χ1) is 15.7. The number of hydrogen-bond donors (Lipinski definition) is 1. The zero-order valence-corrected chi connectivity index (χ0v) is 21.4. The number of rotatable bonds is 19. The Morgan fingerprint density at radius 3 is 2.21 bits per heavy atom. The minimum absolute atomic E-state index is 0.000635. The second-order valence-corrected chi connectivity index (χ2v) is 10.6. The number of carbonyl (C=O) groups excluding carboxylic acids is 1. The third kappa shape index (κ3) is 14.4. The molecule has 0 saturated heterocycles. The van der Waals surface area contributed by atoms with Crippen LogP contribution in [-0.4, -0.2) is 35.4 Å². The van der Waals surface area contributed by atoms with Crippen LogP contribution in [0.15, 0.2) is 18.2 Å². The average molecular weight is 505 g/mol. The number of para-hydroxylation sites is 1. The van der Waals surface area contributed by atoms with E-state index in [-0.39, 0.29) is 11.7 Å². The van der Waals surface area contributed by atoms with Gasteiger partial charge in [0.15, 0.2) is 0 Å². The topological polar surface area (TPSA) is 122 Å². The zero-order valence-electron chi connectivity index (χ0n) is 19.8. The molecule has 8 nitrogen and oxygen atoms in total. The molecule has 0 saturated carbocycles. The number of amides is 1. The van der Waals surface area contributed by atoms with Crippen molar-refractivity contribution in [2.45, 2.75) is 90.9 Å². The van der Waals surface area contributed by atoms with Gasteiger partial charge in [0.1, 0.15) is 17.1 Å². The van der Waals surface area contributed by atoms with Crippen LogP contribution in [0.2, 0.25) is 0 Å². The number of nitrogens with one attached hydrogen (secondary N) is 1. The Kier molecular flexibility index (Phi) is 15.2. The minimum atomic E-state index is -3.98. The van der Waals surface area contributed by atoms with Gasteiger partial charge in [-0.1, -0.05) is 70.4 Å². The molecule has 1 rings (SSSR count). The first-order valence-corrected chi connectivity index (χ1v) is 14.4. The molecule has 0 heterocycles. The van der Waals surface area contributed by atoms with Crippen LogP contribution in [-0.2, 0) is 29.9 Å². The van der Waals surface area contributed by atoms with Crippen molar-refractivity contribution in [3.63, 3.8) is 0 Å². The standard InChI is InChI=1S/C23H39NO7S2/c1-3-4-18-30-23-20(2)15-14-16-21(23)24-22(25)17-12-10-8-6-5-7-9-11-13-19-33(28,29)31-32(26)27/h14-16H,3-13,17-19H2,1-2H3,(H,24,25)(H,26,27)/p-1. The van der Waals surface area contributed by atoms with Crippen LogP contribution >= 0.6 is 0 Å². The van der Waals surface area contributed by atoms with Gasteiger partial charge in [-0.2, -0.15) is 12.0 Å². The highest BCUT2D eigenvalue weighted by Crippen LogP contribution is 2.29. The normalized spacial score (nSPS) is 12.5. The van der Waals surface area contributed by atoms with E-state index in [1.54, 1.807) is 0 Å². The fraction of sp³-hybridized carbons (Fsp3) is 0.696. The van der Waals surface area contributed by atoms with E-state index in [1.165, 1.54) is 0 Å². The van der Waals surface area contributed by atoms with Gasteiger partial charge in [0.25, 0.3) is 10.1 Å². The number of benzene rings is 1. The van der Waals surface area contributed by atoms with E-state index in [4.69, 9.17) is 4.74 Å². The Hall–Kier alpha value is -1.49. The summed E-state index contributed by atoms with van der Waals surface area (Å²) in [5, 5.41) is 2.98. The molecule has 1 atom stereocenters. The quantitative estimate of drug-likeness (QED) is 0.204. The van der Waals surface area contributed by atoms with Gasteiger partial charge in [-0.25, -0.2) is 4.21 Å². The van der Waals surface area contributed by atoms with Gasteiger partial charge in [-0.15, -0.1) is 0 Å². The van der Waals surface area contributed by atoms with Crippen molar-refractivity contribution in [2.75, 3.05) is 17.7 Å². The molecule has 0 aliphatic heterocycles. The summed E-state index contributed by atoms with van der Waals surface area (Å²) < 4.78 is 52.8. The van der Waals surface area contributed by atoms with Gasteiger partial charge in [0, 0.05) is 6.42 Å². The molecule has 1 N–H and O–H groups in total. The van der Waals surface area contributed by atoms with E-state index in [0.29, 0.717) is 19.4 Å². The van der Waals surface area contributed by atoms with E-state index in [0.717, 1.165) is 81.2 Å². The number of carbonyl (C=O) groups is 1. The molecule has 0 spiro atoms. The number of anilines is 1. The van der Waals surface area contributed by atoms with E-state index >= 15 is 0 Å². The summed E-state index contributed by atoms with van der Waals surface area (Å²) in [5.74, 6) is 0.475. The Morgan fingerprint density at radius 1 is 1.00 bits per heavy atom. The van der Waals surface area contributed by atoms with Crippen molar-refractivity contribution in [2.24, 2.45) is 0 Å². The molecule has 1 amide bonds. The lowest BCUT2D eigenvalue weighted by molar-refractivity contribution is -0.116. The minimum Gasteiger partial charge on any atom is -0.749 e. The number of hydrogen-bond acceptors (Lipinski definition) is 7. The van der Waals surface area contributed by atoms with Crippen molar-refractivity contribution in [3.05, 3.63) is 23.8 Å². The SMILES string of the molecule is CCCCOc1c(C)cccc1NC(=O)CCCCCCCCCCCS(=O)(=O)OS(=O)[O-]. The summed E-state index contributed by atoms with van der Waals surface area (Å²) in [6, 6.07) is 5.77. The summed E-state index contributed by atoms with van der Waals surface area (Å²) in [4.78, 5) is 12.3. The molecule has 0 fully saturated rings. The van der Waals surface area contributed by atoms with Crippen LogP contribution in [0.4, 0.5) is 5.69 Å². The highest BCUT2D eigenvalue weighted by atomic mass is 32.3. The average Bonchev–Trinajstić information content (AvgIpc) is 2.73. The number of aryl methyl sites for hydroxylation is 1. The molecule has 33 heavy (non-hydrogen) atoms. The van der Waals surface area contributed by atoms with E-state index in [1.807, 2.05) is 25.1 Å². The molecule has 1 unspecified atom stereocenters. The van der Waals surface area contributed by atoms with Crippen LogP contribution in [0.5, 0.6) is 5.75 Å². The maximum absolute atomic E-state index is 12.3. The summed E-state index contributed by atoms with van der Waals surface area (Å²) in [6.45, 7) is 4.73. The number of ether oxygens (including phenoxy) is 1. The van der Waals surface area contributed by atoms with Gasteiger partial charge in [-0.3, -0.25) is 4.79 Å². The molecule has 0 radical (unpaired) electrons. The Bertz CT molecular complexity index is 828. The molecule has 0 aliphatic rings. The molecule has 0 aliphatic carbocycles. The predicted molar refractivity (Wildman–Crippen MR) is 130 cm³/mol. The highest BCUT2D eigenvalue weighted by molar-refractivity contribution is 7.95. The van der Waals surface area contributed by atoms with Crippen LogP contribution in [0, 0.1) is 6.92 Å². The van der Waals surface area contributed by atoms with Crippen LogP contribution < -0.4 is 10.1 Å². The lowest BCUT2D eigenvalue weighted by Crippen LogP contribution is -2.13. The molecule has 1 aromatic rings. The lowest BCUT2D eigenvalue weighted by atomic mass is 10.1. The van der Waals surface area contributed by atoms with E-state index < -0.39 is 21.5 Å². The Labute approximate surface area is 201 Å². The lowest BCUT2D eigenvalue weighted by Gasteiger charge is -2.14. The Morgan fingerprint density at radius 2 is 1.61 bits per heavy atom. The smallest absolute Gasteiger partial charge is 0.279 e. The molecule has 190 valence electrons. The molecule has 1 aromatic carbocycles. The van der Waals surface area contributed by atoms with Crippen LogP contribution in [0.25, 0.3) is 0 Å². The van der Waals surface area contributed by atoms with Crippen molar-refractivity contribution >= 4 is 33.1 Å². The van der Waals surface area contributed by atoms with Crippen LogP contribution in [0.1, 0.15) is 89.5 Å². The first kappa shape index (κ1) is 29.5. The largest absolute Gasteiger partial charge is 0.749 e. The van der Waals surface area contributed by atoms with Crippen molar-refractivity contribution in [1.29, 1.82) is 0 Å². The van der Waals surface area contributed by atoms with Crippen molar-refractivity contribution < 1.29 is 30.3 Å². The van der Waals surface area contributed by atoms with Crippen LogP contribution in [0.3, 0.4) is 0 Å².